The van der Waals surface area contributed by atoms with Gasteiger partial charge in [-0.2, -0.15) is 0 Å². The second-order valence-electron chi connectivity index (χ2n) is 6.44. The third-order valence-electron chi connectivity index (χ3n) is 4.58. The molecule has 0 spiro atoms. The van der Waals surface area contributed by atoms with Crippen molar-refractivity contribution < 1.29 is 10.0 Å². The number of nitrogen functional groups attached to an aromatic ring is 1. The number of benzene rings is 3. The average molecular weight is 374 g/mol. The van der Waals surface area contributed by atoms with Crippen LogP contribution in [0, 0.1) is 10.1 Å². The smallest absolute Gasteiger partial charge is 0.270 e. The molecule has 5 N–H and O–H groups in total. The van der Waals surface area contributed by atoms with Gasteiger partial charge in [-0.05, 0) is 35.9 Å². The summed E-state index contributed by atoms with van der Waals surface area (Å²) in [7, 11) is 0. The number of hydrogen-bond acceptors (Lipinski definition) is 6. The van der Waals surface area contributed by atoms with Crippen molar-refractivity contribution in [2.45, 2.75) is 6.23 Å². The van der Waals surface area contributed by atoms with E-state index >= 15 is 0 Å². The van der Waals surface area contributed by atoms with Crippen molar-refractivity contribution >= 4 is 34.0 Å². The van der Waals surface area contributed by atoms with Gasteiger partial charge in [0.15, 0.2) is 6.23 Å². The molecular formula is C21H18N4O3. The molecule has 0 amide bonds. The fourth-order valence-corrected chi connectivity index (χ4v) is 3.24. The minimum Gasteiger partial charge on any atom is -0.399 e. The lowest BCUT2D eigenvalue weighted by Gasteiger charge is -2.17. The van der Waals surface area contributed by atoms with Crippen molar-refractivity contribution in [2.24, 2.45) is 0 Å². The highest BCUT2D eigenvalue weighted by Crippen LogP contribution is 2.41. The number of aliphatic hydroxyl groups is 1. The average Bonchev–Trinajstić information content (AvgIpc) is 3.03. The van der Waals surface area contributed by atoms with Crippen molar-refractivity contribution in [1.82, 2.24) is 0 Å². The van der Waals surface area contributed by atoms with Crippen molar-refractivity contribution in [3.8, 4) is 0 Å². The molecule has 1 aliphatic rings. The van der Waals surface area contributed by atoms with E-state index in [1.165, 1.54) is 12.1 Å². The van der Waals surface area contributed by atoms with Gasteiger partial charge in [-0.1, -0.05) is 30.3 Å². The Labute approximate surface area is 161 Å². The SMILES string of the molecule is Nc1ccc(N/C(=C2/c3cc([N+](=O)[O-])ccc3NC2O)c2ccccc2)cc1. The van der Waals surface area contributed by atoms with Gasteiger partial charge < -0.3 is 21.5 Å². The van der Waals surface area contributed by atoms with E-state index in [9.17, 15) is 15.2 Å². The summed E-state index contributed by atoms with van der Waals surface area (Å²) in [5.74, 6) is 0. The Bertz CT molecular complexity index is 1060. The number of nitrogens with one attached hydrogen (secondary N) is 2. The lowest BCUT2D eigenvalue weighted by molar-refractivity contribution is -0.384. The molecule has 0 aliphatic carbocycles. The molecule has 3 aromatic rings. The van der Waals surface area contributed by atoms with Crippen LogP contribution in [0.1, 0.15) is 11.1 Å². The molecule has 0 saturated carbocycles. The van der Waals surface area contributed by atoms with E-state index in [0.29, 0.717) is 28.2 Å². The Hall–Kier alpha value is -3.84. The van der Waals surface area contributed by atoms with Gasteiger partial charge in [0.25, 0.3) is 5.69 Å². The van der Waals surface area contributed by atoms with Crippen LogP contribution < -0.4 is 16.4 Å². The maximum Gasteiger partial charge on any atom is 0.270 e. The third-order valence-corrected chi connectivity index (χ3v) is 4.58. The van der Waals surface area contributed by atoms with Crippen LogP contribution in [-0.4, -0.2) is 16.3 Å². The van der Waals surface area contributed by atoms with Gasteiger partial charge in [0.2, 0.25) is 0 Å². The first-order valence-electron chi connectivity index (χ1n) is 8.68. The van der Waals surface area contributed by atoms with Gasteiger partial charge in [0.05, 0.1) is 10.6 Å². The topological polar surface area (TPSA) is 113 Å². The molecule has 0 saturated heterocycles. The number of hydrogen-bond donors (Lipinski definition) is 4. The molecule has 28 heavy (non-hydrogen) atoms. The van der Waals surface area contributed by atoms with Gasteiger partial charge in [-0.15, -0.1) is 0 Å². The van der Waals surface area contributed by atoms with Crippen LogP contribution in [0.5, 0.6) is 0 Å². The third kappa shape index (κ3) is 3.26. The predicted octanol–water partition coefficient (Wildman–Crippen LogP) is 3.90. The van der Waals surface area contributed by atoms with Gasteiger partial charge in [0, 0.05) is 40.3 Å². The summed E-state index contributed by atoms with van der Waals surface area (Å²) in [5, 5.41) is 28.2. The zero-order valence-electron chi connectivity index (χ0n) is 14.8. The molecule has 1 aliphatic heterocycles. The largest absolute Gasteiger partial charge is 0.399 e. The highest BCUT2D eigenvalue weighted by atomic mass is 16.6. The van der Waals surface area contributed by atoms with E-state index in [1.54, 1.807) is 18.2 Å². The summed E-state index contributed by atoms with van der Waals surface area (Å²) < 4.78 is 0. The maximum absolute atomic E-state index is 11.2. The Morgan fingerprint density at radius 2 is 1.79 bits per heavy atom. The molecule has 7 heteroatoms. The first kappa shape index (κ1) is 17.6. The molecule has 1 unspecified atom stereocenters. The van der Waals surface area contributed by atoms with E-state index in [-0.39, 0.29) is 5.69 Å². The van der Waals surface area contributed by atoms with Crippen LogP contribution >= 0.6 is 0 Å². The zero-order chi connectivity index (χ0) is 19.7. The van der Waals surface area contributed by atoms with Crippen LogP contribution in [-0.2, 0) is 0 Å². The van der Waals surface area contributed by atoms with Gasteiger partial charge >= 0.3 is 0 Å². The van der Waals surface area contributed by atoms with E-state index < -0.39 is 11.2 Å². The van der Waals surface area contributed by atoms with Crippen molar-refractivity contribution in [2.75, 3.05) is 16.4 Å². The fourth-order valence-electron chi connectivity index (χ4n) is 3.24. The highest BCUT2D eigenvalue weighted by Gasteiger charge is 2.30. The Morgan fingerprint density at radius 3 is 2.46 bits per heavy atom. The lowest BCUT2D eigenvalue weighted by atomic mass is 9.99. The quantitative estimate of drug-likeness (QED) is 0.313. The number of nitro benzene ring substituents is 1. The first-order valence-corrected chi connectivity index (χ1v) is 8.68. The summed E-state index contributed by atoms with van der Waals surface area (Å²) in [4.78, 5) is 10.8. The standard InChI is InChI=1S/C21H18N4O3/c22-14-6-8-15(9-7-14)23-20(13-4-2-1-3-5-13)19-17-12-16(25(27)28)10-11-18(17)24-21(19)26/h1-12,21,23-24,26H,22H2/b20-19-. The summed E-state index contributed by atoms with van der Waals surface area (Å²) in [5.41, 5.74) is 10.4. The Balaban J connectivity index is 1.90. The van der Waals surface area contributed by atoms with E-state index in [1.807, 2.05) is 42.5 Å². The Kier molecular flexibility index (Phi) is 4.42. The molecule has 4 rings (SSSR count). The number of nitro groups is 1. The van der Waals surface area contributed by atoms with Crippen molar-refractivity contribution in [3.05, 3.63) is 94.0 Å². The number of anilines is 3. The predicted molar refractivity (Wildman–Crippen MR) is 110 cm³/mol. The summed E-state index contributed by atoms with van der Waals surface area (Å²) >= 11 is 0. The fraction of sp³-hybridized carbons (Fsp3) is 0.0476. The summed E-state index contributed by atoms with van der Waals surface area (Å²) in [6.45, 7) is 0. The lowest BCUT2D eigenvalue weighted by Crippen LogP contribution is -2.16. The molecule has 0 radical (unpaired) electrons. The molecular weight excluding hydrogens is 356 g/mol. The molecule has 0 aromatic heterocycles. The van der Waals surface area contributed by atoms with Gasteiger partial charge in [-0.25, -0.2) is 0 Å². The van der Waals surface area contributed by atoms with Crippen LogP contribution in [0.25, 0.3) is 11.3 Å². The molecule has 3 aromatic carbocycles. The molecule has 1 heterocycles. The highest BCUT2D eigenvalue weighted by molar-refractivity contribution is 6.03. The second kappa shape index (κ2) is 7.05. The maximum atomic E-state index is 11.2. The van der Waals surface area contributed by atoms with Crippen LogP contribution in [0.3, 0.4) is 0 Å². The molecule has 140 valence electrons. The first-order chi connectivity index (χ1) is 13.5. The number of nitrogens with two attached hydrogens (primary N) is 1. The minimum atomic E-state index is -1.01. The molecule has 0 bridgehead atoms. The van der Waals surface area contributed by atoms with Gasteiger partial charge in [-0.3, -0.25) is 10.1 Å². The van der Waals surface area contributed by atoms with Gasteiger partial charge in [0.1, 0.15) is 0 Å². The normalized spacial score (nSPS) is 16.8. The molecule has 0 fully saturated rings. The number of rotatable bonds is 4. The second-order valence-corrected chi connectivity index (χ2v) is 6.44. The van der Waals surface area contributed by atoms with E-state index in [4.69, 9.17) is 5.73 Å². The molecule has 7 nitrogen and oxygen atoms in total. The summed E-state index contributed by atoms with van der Waals surface area (Å²) in [6, 6.07) is 21.2. The van der Waals surface area contributed by atoms with Crippen LogP contribution in [0.4, 0.5) is 22.7 Å². The number of aliphatic hydroxyl groups excluding tert-OH is 1. The van der Waals surface area contributed by atoms with E-state index in [2.05, 4.69) is 10.6 Å². The van der Waals surface area contributed by atoms with E-state index in [0.717, 1.165) is 11.3 Å². The van der Waals surface area contributed by atoms with Crippen LogP contribution in [0.2, 0.25) is 0 Å². The molecule has 1 atom stereocenters. The zero-order valence-corrected chi connectivity index (χ0v) is 14.8. The summed E-state index contributed by atoms with van der Waals surface area (Å²) in [6.07, 6.45) is -1.01. The van der Waals surface area contributed by atoms with Crippen LogP contribution in [0.15, 0.2) is 72.8 Å². The Morgan fingerprint density at radius 1 is 1.07 bits per heavy atom. The van der Waals surface area contributed by atoms with Crippen molar-refractivity contribution in [3.63, 3.8) is 0 Å². The number of nitrogens with zero attached hydrogens (tertiary/aromatic N) is 1. The monoisotopic (exact) mass is 374 g/mol. The minimum absolute atomic E-state index is 0.0351. The van der Waals surface area contributed by atoms with Crippen molar-refractivity contribution in [1.29, 1.82) is 0 Å². The number of non-ortho nitro benzene ring substituents is 1. The number of fused-ring (bicyclic) bond motifs is 1.